The Morgan fingerprint density at radius 3 is 2.18 bits per heavy atom. The molecular weight excluding hydrogens is 136 g/mol. The van der Waals surface area contributed by atoms with Crippen molar-refractivity contribution in [2.45, 2.75) is 27.7 Å². The molecule has 2 atom stereocenters. The summed E-state index contributed by atoms with van der Waals surface area (Å²) in [4.78, 5) is 10.3. The Balaban J connectivity index is 2.62. The fraction of sp³-hybridized carbons (Fsp3) is 0.700. The summed E-state index contributed by atoms with van der Waals surface area (Å²) in [7, 11) is 0. The first-order chi connectivity index (χ1) is 5.00. The summed E-state index contributed by atoms with van der Waals surface area (Å²) in [5, 5.41) is 0. The molecular formula is C10H16O. The molecule has 0 saturated heterocycles. The summed E-state index contributed by atoms with van der Waals surface area (Å²) in [6, 6.07) is 0. The third kappa shape index (κ3) is 1.37. The van der Waals surface area contributed by atoms with E-state index in [1.54, 1.807) is 0 Å². The Hall–Kier alpha value is -0.590. The van der Waals surface area contributed by atoms with Gasteiger partial charge in [0.05, 0.1) is 0 Å². The van der Waals surface area contributed by atoms with Gasteiger partial charge in [-0.25, -0.2) is 0 Å². The van der Waals surface area contributed by atoms with Crippen molar-refractivity contribution in [3.63, 3.8) is 0 Å². The highest BCUT2D eigenvalue weighted by Gasteiger charge is 2.52. The molecule has 0 aliphatic heterocycles. The summed E-state index contributed by atoms with van der Waals surface area (Å²) in [6.07, 6.45) is 3.03. The fourth-order valence-corrected chi connectivity index (χ4v) is 1.62. The second-order valence-electron chi connectivity index (χ2n) is 4.16. The van der Waals surface area contributed by atoms with Crippen molar-refractivity contribution in [3.05, 3.63) is 11.6 Å². The van der Waals surface area contributed by atoms with Crippen LogP contribution in [0.25, 0.3) is 0 Å². The van der Waals surface area contributed by atoms with Crippen LogP contribution in [0.15, 0.2) is 11.6 Å². The van der Waals surface area contributed by atoms with Gasteiger partial charge in [-0.15, -0.1) is 0 Å². The van der Waals surface area contributed by atoms with Crippen molar-refractivity contribution in [1.82, 2.24) is 0 Å². The average molecular weight is 152 g/mol. The maximum absolute atomic E-state index is 10.3. The largest absolute Gasteiger partial charge is 0.298 e. The molecule has 0 N–H and O–H groups in total. The lowest BCUT2D eigenvalue weighted by Gasteiger charge is -1.96. The molecule has 0 amide bonds. The third-order valence-corrected chi connectivity index (χ3v) is 3.09. The zero-order valence-electron chi connectivity index (χ0n) is 7.72. The van der Waals surface area contributed by atoms with Crippen LogP contribution in [-0.2, 0) is 4.79 Å². The van der Waals surface area contributed by atoms with E-state index in [1.165, 1.54) is 0 Å². The van der Waals surface area contributed by atoms with E-state index in [0.29, 0.717) is 11.3 Å². The summed E-state index contributed by atoms with van der Waals surface area (Å²) >= 11 is 0. The molecule has 1 fully saturated rings. The lowest BCUT2D eigenvalue weighted by molar-refractivity contribution is -0.104. The number of allylic oxidation sites excluding steroid dienone is 2. The monoisotopic (exact) mass is 152 g/mol. The van der Waals surface area contributed by atoms with Crippen molar-refractivity contribution in [2.75, 3.05) is 0 Å². The van der Waals surface area contributed by atoms with Gasteiger partial charge < -0.3 is 0 Å². The number of rotatable bonds is 2. The zero-order valence-corrected chi connectivity index (χ0v) is 7.72. The number of carbonyl (C=O) groups excluding carboxylic acids is 1. The molecule has 1 nitrogen and oxygen atoms in total. The van der Waals surface area contributed by atoms with Crippen LogP contribution in [0.4, 0.5) is 0 Å². The Labute approximate surface area is 68.5 Å². The van der Waals surface area contributed by atoms with Crippen LogP contribution < -0.4 is 0 Å². The van der Waals surface area contributed by atoms with Crippen LogP contribution in [0, 0.1) is 17.3 Å². The van der Waals surface area contributed by atoms with Gasteiger partial charge in [0.2, 0.25) is 0 Å². The third-order valence-electron chi connectivity index (χ3n) is 3.09. The highest BCUT2D eigenvalue weighted by Crippen LogP contribution is 2.58. The molecule has 62 valence electrons. The van der Waals surface area contributed by atoms with E-state index >= 15 is 0 Å². The highest BCUT2D eigenvalue weighted by molar-refractivity contribution is 5.72. The molecule has 0 heterocycles. The Bertz CT molecular complexity index is 201. The van der Waals surface area contributed by atoms with E-state index in [-0.39, 0.29) is 0 Å². The summed E-state index contributed by atoms with van der Waals surface area (Å²) < 4.78 is 0. The van der Waals surface area contributed by atoms with Gasteiger partial charge in [-0.05, 0) is 29.7 Å². The Morgan fingerprint density at radius 1 is 1.45 bits per heavy atom. The Morgan fingerprint density at radius 2 is 1.91 bits per heavy atom. The predicted octanol–water partition coefficient (Wildman–Crippen LogP) is 2.42. The Kier molecular flexibility index (Phi) is 1.91. The zero-order chi connectivity index (χ0) is 8.65. The first-order valence-electron chi connectivity index (χ1n) is 4.13. The molecule has 0 bridgehead atoms. The second-order valence-corrected chi connectivity index (χ2v) is 4.16. The van der Waals surface area contributed by atoms with Gasteiger partial charge in [0.15, 0.2) is 0 Å². The number of carbonyl (C=O) groups is 1. The minimum Gasteiger partial charge on any atom is -0.298 e. The number of hydrogen-bond acceptors (Lipinski definition) is 1. The first kappa shape index (κ1) is 8.51. The van der Waals surface area contributed by atoms with Gasteiger partial charge in [-0.1, -0.05) is 26.8 Å². The molecule has 11 heavy (non-hydrogen) atoms. The minimum atomic E-state index is 0.421. The molecule has 0 aromatic rings. The van der Waals surface area contributed by atoms with Gasteiger partial charge in [-0.2, -0.15) is 0 Å². The van der Waals surface area contributed by atoms with Gasteiger partial charge in [0.25, 0.3) is 0 Å². The molecule has 0 aromatic heterocycles. The van der Waals surface area contributed by atoms with Gasteiger partial charge in [0, 0.05) is 0 Å². The fourth-order valence-electron chi connectivity index (χ4n) is 1.62. The molecule has 0 radical (unpaired) electrons. The summed E-state index contributed by atoms with van der Waals surface area (Å²) in [5.74, 6) is 1.35. The van der Waals surface area contributed by atoms with Crippen LogP contribution in [0.3, 0.4) is 0 Å². The molecule has 0 spiro atoms. The van der Waals surface area contributed by atoms with Crippen LogP contribution >= 0.6 is 0 Å². The molecule has 1 aliphatic carbocycles. The van der Waals surface area contributed by atoms with Gasteiger partial charge in [-0.3, -0.25) is 4.79 Å². The summed E-state index contributed by atoms with van der Waals surface area (Å²) in [6.45, 7) is 8.60. The topological polar surface area (TPSA) is 17.1 Å². The van der Waals surface area contributed by atoms with Gasteiger partial charge in [0.1, 0.15) is 6.29 Å². The maximum atomic E-state index is 10.3. The molecule has 1 heteroatoms. The quantitative estimate of drug-likeness (QED) is 0.438. The van der Waals surface area contributed by atoms with Gasteiger partial charge >= 0.3 is 0 Å². The predicted molar refractivity (Wildman–Crippen MR) is 46.3 cm³/mol. The van der Waals surface area contributed by atoms with E-state index in [0.717, 1.165) is 17.8 Å². The van der Waals surface area contributed by atoms with E-state index in [9.17, 15) is 4.79 Å². The van der Waals surface area contributed by atoms with Crippen LogP contribution in [0.2, 0.25) is 0 Å². The highest BCUT2D eigenvalue weighted by atomic mass is 16.1. The molecule has 1 aliphatic rings. The second kappa shape index (κ2) is 2.47. The number of aldehydes is 1. The van der Waals surface area contributed by atoms with Crippen molar-refractivity contribution < 1.29 is 4.79 Å². The lowest BCUT2D eigenvalue weighted by atomic mass is 10.1. The lowest BCUT2D eigenvalue weighted by Crippen LogP contribution is -1.88. The van der Waals surface area contributed by atoms with Crippen molar-refractivity contribution in [2.24, 2.45) is 17.3 Å². The average Bonchev–Trinajstić information content (AvgIpc) is 2.39. The van der Waals surface area contributed by atoms with Crippen molar-refractivity contribution in [1.29, 1.82) is 0 Å². The molecule has 1 saturated carbocycles. The smallest absolute Gasteiger partial charge is 0.145 e. The minimum absolute atomic E-state index is 0.421. The van der Waals surface area contributed by atoms with Crippen LogP contribution in [-0.4, -0.2) is 6.29 Å². The normalized spacial score (nSPS) is 35.1. The summed E-state index contributed by atoms with van der Waals surface area (Å²) in [5.41, 5.74) is 1.29. The molecule has 1 rings (SSSR count). The number of hydrogen-bond donors (Lipinski definition) is 0. The van der Waals surface area contributed by atoms with Crippen molar-refractivity contribution in [3.8, 4) is 0 Å². The standard InChI is InChI=1S/C10H16O/c1-7(6-11)5-9-8(2)10(9,3)4/h5-6,8-9H,1-4H3. The first-order valence-corrected chi connectivity index (χ1v) is 4.13. The van der Waals surface area contributed by atoms with Crippen LogP contribution in [0.5, 0.6) is 0 Å². The van der Waals surface area contributed by atoms with Crippen LogP contribution in [0.1, 0.15) is 27.7 Å². The van der Waals surface area contributed by atoms with E-state index < -0.39 is 0 Å². The SMILES string of the molecule is CC(C=O)=CC1C(C)C1(C)C. The van der Waals surface area contributed by atoms with E-state index in [1.807, 2.05) is 6.92 Å². The molecule has 0 aromatic carbocycles. The molecule has 2 unspecified atom stereocenters. The maximum Gasteiger partial charge on any atom is 0.145 e. The van der Waals surface area contributed by atoms with Crippen molar-refractivity contribution >= 4 is 6.29 Å². The van der Waals surface area contributed by atoms with E-state index in [4.69, 9.17) is 0 Å². The van der Waals surface area contributed by atoms with E-state index in [2.05, 4.69) is 26.8 Å².